The molecule has 0 bridgehead atoms. The van der Waals surface area contributed by atoms with Gasteiger partial charge in [0.25, 0.3) is 0 Å². The van der Waals surface area contributed by atoms with E-state index in [0.717, 1.165) is 25.8 Å². The monoisotopic (exact) mass is 219 g/mol. The van der Waals surface area contributed by atoms with Crippen LogP contribution in [0.25, 0.3) is 0 Å². The van der Waals surface area contributed by atoms with E-state index in [1.165, 1.54) is 0 Å². The van der Waals surface area contributed by atoms with E-state index in [-0.39, 0.29) is 11.9 Å². The van der Waals surface area contributed by atoms with Gasteiger partial charge in [0.2, 0.25) is 5.91 Å². The zero-order valence-electron chi connectivity index (χ0n) is 8.74. The zero-order valence-corrected chi connectivity index (χ0v) is 9.50. The van der Waals surface area contributed by atoms with Crippen molar-refractivity contribution in [1.82, 2.24) is 4.90 Å². The number of piperidine rings is 1. The van der Waals surface area contributed by atoms with Crippen LogP contribution in [-0.2, 0) is 4.79 Å². The number of carbonyl (C=O) groups excluding carboxylic acids is 1. The molecule has 0 radical (unpaired) electrons. The molecule has 0 aliphatic carbocycles. The maximum Gasteiger partial charge on any atom is 0.240 e. The minimum atomic E-state index is -0.491. The summed E-state index contributed by atoms with van der Waals surface area (Å²) in [5.74, 6) is -0.0581. The second kappa shape index (κ2) is 4.99. The highest BCUT2D eigenvalue weighted by atomic mass is 35.5. The normalized spacial score (nSPS) is 27.1. The Morgan fingerprint density at radius 1 is 1.50 bits per heavy atom. The first-order chi connectivity index (χ1) is 6.54. The van der Waals surface area contributed by atoms with Gasteiger partial charge in [-0.2, -0.15) is 0 Å². The van der Waals surface area contributed by atoms with Crippen molar-refractivity contribution < 1.29 is 9.90 Å². The van der Waals surface area contributed by atoms with Gasteiger partial charge in [0.15, 0.2) is 0 Å². The topological polar surface area (TPSA) is 40.5 Å². The average molecular weight is 220 g/mol. The SMILES string of the molecule is C[C@H](Cl)C(=O)N1CCCC[C@H]1[C@H](C)O. The molecule has 14 heavy (non-hydrogen) atoms. The van der Waals surface area contributed by atoms with E-state index < -0.39 is 11.5 Å². The number of alkyl halides is 1. The molecule has 0 saturated carbocycles. The van der Waals surface area contributed by atoms with Crippen LogP contribution in [0.2, 0.25) is 0 Å². The van der Waals surface area contributed by atoms with Crippen LogP contribution < -0.4 is 0 Å². The van der Waals surface area contributed by atoms with Crippen molar-refractivity contribution in [1.29, 1.82) is 0 Å². The molecule has 0 spiro atoms. The van der Waals surface area contributed by atoms with Crippen LogP contribution in [0.1, 0.15) is 33.1 Å². The van der Waals surface area contributed by atoms with Gasteiger partial charge in [-0.1, -0.05) is 0 Å². The Morgan fingerprint density at radius 3 is 2.64 bits per heavy atom. The van der Waals surface area contributed by atoms with Gasteiger partial charge in [-0.05, 0) is 33.1 Å². The average Bonchev–Trinajstić information content (AvgIpc) is 2.16. The molecular weight excluding hydrogens is 202 g/mol. The third kappa shape index (κ3) is 2.61. The van der Waals surface area contributed by atoms with Gasteiger partial charge in [0.05, 0.1) is 12.1 Å². The van der Waals surface area contributed by atoms with Gasteiger partial charge in [-0.3, -0.25) is 4.79 Å². The maximum atomic E-state index is 11.7. The standard InChI is InChI=1S/C10H18ClNO2/c1-7(11)10(14)12-6-4-3-5-9(12)8(2)13/h7-9,13H,3-6H2,1-2H3/t7-,8-,9-/m0/s1. The summed E-state index contributed by atoms with van der Waals surface area (Å²) in [5.41, 5.74) is 0. The van der Waals surface area contributed by atoms with Crippen molar-refractivity contribution in [3.63, 3.8) is 0 Å². The van der Waals surface area contributed by atoms with Crippen LogP contribution in [0, 0.1) is 0 Å². The minimum absolute atomic E-state index is 0.0440. The number of halogens is 1. The zero-order chi connectivity index (χ0) is 10.7. The molecule has 82 valence electrons. The lowest BCUT2D eigenvalue weighted by molar-refractivity contribution is -0.136. The van der Waals surface area contributed by atoms with E-state index in [1.54, 1.807) is 18.7 Å². The van der Waals surface area contributed by atoms with E-state index in [9.17, 15) is 9.90 Å². The summed E-state index contributed by atoms with van der Waals surface area (Å²) in [6.45, 7) is 4.14. The van der Waals surface area contributed by atoms with Gasteiger partial charge < -0.3 is 10.0 Å². The van der Waals surface area contributed by atoms with Crippen LogP contribution in [0.15, 0.2) is 0 Å². The number of aliphatic hydroxyl groups excluding tert-OH is 1. The molecule has 0 aromatic heterocycles. The predicted octanol–water partition coefficient (Wildman–Crippen LogP) is 1.38. The van der Waals surface area contributed by atoms with Gasteiger partial charge in [0, 0.05) is 6.54 Å². The van der Waals surface area contributed by atoms with Crippen molar-refractivity contribution in [2.24, 2.45) is 0 Å². The highest BCUT2D eigenvalue weighted by molar-refractivity contribution is 6.30. The van der Waals surface area contributed by atoms with Crippen LogP contribution in [0.4, 0.5) is 0 Å². The van der Waals surface area contributed by atoms with Crippen LogP contribution in [-0.4, -0.2) is 40.0 Å². The number of carbonyl (C=O) groups is 1. The van der Waals surface area contributed by atoms with E-state index >= 15 is 0 Å². The quantitative estimate of drug-likeness (QED) is 0.713. The fourth-order valence-corrected chi connectivity index (χ4v) is 2.09. The number of hydrogen-bond acceptors (Lipinski definition) is 2. The Hall–Kier alpha value is -0.280. The Labute approximate surface area is 90.0 Å². The van der Waals surface area contributed by atoms with Gasteiger partial charge in [-0.25, -0.2) is 0 Å². The Morgan fingerprint density at radius 2 is 2.14 bits per heavy atom. The molecule has 1 heterocycles. The number of amides is 1. The number of hydrogen-bond donors (Lipinski definition) is 1. The van der Waals surface area contributed by atoms with E-state index in [1.807, 2.05) is 0 Å². The molecule has 3 atom stereocenters. The van der Waals surface area contributed by atoms with E-state index in [4.69, 9.17) is 11.6 Å². The van der Waals surface area contributed by atoms with Crippen molar-refractivity contribution in [2.75, 3.05) is 6.54 Å². The molecule has 1 N–H and O–H groups in total. The first-order valence-electron chi connectivity index (χ1n) is 5.16. The number of rotatable bonds is 2. The second-order valence-corrected chi connectivity index (χ2v) is 4.61. The third-order valence-corrected chi connectivity index (χ3v) is 2.92. The molecule has 1 saturated heterocycles. The first-order valence-corrected chi connectivity index (χ1v) is 5.60. The van der Waals surface area contributed by atoms with Crippen LogP contribution in [0.3, 0.4) is 0 Å². The van der Waals surface area contributed by atoms with Gasteiger partial charge >= 0.3 is 0 Å². The number of aliphatic hydroxyl groups is 1. The summed E-state index contributed by atoms with van der Waals surface area (Å²) in [4.78, 5) is 13.4. The van der Waals surface area contributed by atoms with Crippen molar-refractivity contribution in [2.45, 2.75) is 50.6 Å². The molecule has 1 aliphatic heterocycles. The number of nitrogens with zero attached hydrogens (tertiary/aromatic N) is 1. The summed E-state index contributed by atoms with van der Waals surface area (Å²) < 4.78 is 0. The molecule has 0 unspecified atom stereocenters. The van der Waals surface area contributed by atoms with Crippen LogP contribution in [0.5, 0.6) is 0 Å². The highest BCUT2D eigenvalue weighted by Gasteiger charge is 2.31. The lowest BCUT2D eigenvalue weighted by Crippen LogP contribution is -2.50. The second-order valence-electron chi connectivity index (χ2n) is 3.95. The largest absolute Gasteiger partial charge is 0.391 e. The van der Waals surface area contributed by atoms with Crippen LogP contribution >= 0.6 is 11.6 Å². The summed E-state index contributed by atoms with van der Waals surface area (Å²) >= 11 is 5.76. The summed E-state index contributed by atoms with van der Waals surface area (Å²) in [7, 11) is 0. The molecule has 1 fully saturated rings. The Kier molecular flexibility index (Phi) is 4.20. The number of likely N-dealkylation sites (tertiary alicyclic amines) is 1. The van der Waals surface area contributed by atoms with Gasteiger partial charge in [-0.15, -0.1) is 11.6 Å². The first kappa shape index (κ1) is 11.8. The van der Waals surface area contributed by atoms with E-state index in [0.29, 0.717) is 0 Å². The molecular formula is C10H18ClNO2. The summed E-state index contributed by atoms with van der Waals surface area (Å²) in [6, 6.07) is -0.0440. The summed E-state index contributed by atoms with van der Waals surface area (Å²) in [5, 5.41) is 9.05. The lowest BCUT2D eigenvalue weighted by Gasteiger charge is -2.38. The molecule has 3 nitrogen and oxygen atoms in total. The van der Waals surface area contributed by atoms with E-state index in [2.05, 4.69) is 0 Å². The van der Waals surface area contributed by atoms with Crippen molar-refractivity contribution in [3.8, 4) is 0 Å². The minimum Gasteiger partial charge on any atom is -0.391 e. The third-order valence-electron chi connectivity index (χ3n) is 2.73. The Balaban J connectivity index is 2.67. The lowest BCUT2D eigenvalue weighted by atomic mass is 9.98. The Bertz CT molecular complexity index is 206. The van der Waals surface area contributed by atoms with Crippen molar-refractivity contribution in [3.05, 3.63) is 0 Å². The maximum absolute atomic E-state index is 11.7. The molecule has 1 aliphatic rings. The summed E-state index contributed by atoms with van der Waals surface area (Å²) in [6.07, 6.45) is 2.51. The molecule has 1 rings (SSSR count). The smallest absolute Gasteiger partial charge is 0.240 e. The fraction of sp³-hybridized carbons (Fsp3) is 0.900. The van der Waals surface area contributed by atoms with Gasteiger partial charge in [0.1, 0.15) is 5.38 Å². The molecule has 0 aromatic carbocycles. The highest BCUT2D eigenvalue weighted by Crippen LogP contribution is 2.21. The predicted molar refractivity (Wildman–Crippen MR) is 56.3 cm³/mol. The molecule has 0 aromatic rings. The molecule has 4 heteroatoms. The van der Waals surface area contributed by atoms with Crippen molar-refractivity contribution >= 4 is 17.5 Å². The molecule has 1 amide bonds. The fourth-order valence-electron chi connectivity index (χ4n) is 1.96.